The molecule has 0 aliphatic carbocycles. The number of hydrogen-bond acceptors (Lipinski definition) is 4. The minimum Gasteiger partial charge on any atom is -0.338 e. The number of hydrogen-bond donors (Lipinski definition) is 0. The van der Waals surface area contributed by atoms with Gasteiger partial charge in [0.15, 0.2) is 0 Å². The Morgan fingerprint density at radius 1 is 1.35 bits per heavy atom. The minimum absolute atomic E-state index is 0.123. The van der Waals surface area contributed by atoms with Gasteiger partial charge in [-0.1, -0.05) is 12.1 Å². The third kappa shape index (κ3) is 2.97. The monoisotopic (exact) mass is 323 g/mol. The van der Waals surface area contributed by atoms with Crippen LogP contribution < -0.4 is 0 Å². The average Bonchev–Trinajstić information content (AvgIpc) is 3.26. The van der Waals surface area contributed by atoms with Crippen molar-refractivity contribution in [2.75, 3.05) is 13.1 Å². The molecule has 23 heavy (non-hydrogen) atoms. The van der Waals surface area contributed by atoms with Gasteiger partial charge in [-0.3, -0.25) is 14.8 Å². The number of carbonyl (C=O) groups is 1. The summed E-state index contributed by atoms with van der Waals surface area (Å²) in [5.41, 5.74) is 4.07. The highest BCUT2D eigenvalue weighted by molar-refractivity contribution is 7.11. The third-order valence-corrected chi connectivity index (χ3v) is 5.17. The number of amides is 1. The fraction of sp³-hybridized carbons (Fsp3) is 0.278. The normalized spacial score (nSPS) is 17.7. The van der Waals surface area contributed by atoms with E-state index in [1.54, 1.807) is 11.7 Å². The van der Waals surface area contributed by atoms with Crippen molar-refractivity contribution < 1.29 is 4.79 Å². The summed E-state index contributed by atoms with van der Waals surface area (Å²) in [7, 11) is 0. The van der Waals surface area contributed by atoms with E-state index in [2.05, 4.69) is 34.2 Å². The zero-order chi connectivity index (χ0) is 15.6. The van der Waals surface area contributed by atoms with E-state index in [1.807, 2.05) is 17.2 Å². The van der Waals surface area contributed by atoms with Crippen LogP contribution in [0.1, 0.15) is 21.7 Å². The van der Waals surface area contributed by atoms with Crippen molar-refractivity contribution in [3.63, 3.8) is 0 Å². The van der Waals surface area contributed by atoms with Gasteiger partial charge in [0, 0.05) is 24.7 Å². The van der Waals surface area contributed by atoms with Crippen molar-refractivity contribution in [3.8, 4) is 0 Å². The Kier molecular flexibility index (Phi) is 3.79. The van der Waals surface area contributed by atoms with Crippen LogP contribution in [-0.4, -0.2) is 33.9 Å². The largest absolute Gasteiger partial charge is 0.338 e. The molecule has 3 heterocycles. The molecule has 0 N–H and O–H groups in total. The molecule has 1 fully saturated rings. The zero-order valence-corrected chi connectivity index (χ0v) is 13.5. The molecule has 1 aliphatic heterocycles. The second-order valence-corrected chi connectivity index (χ2v) is 6.89. The molecule has 0 unspecified atom stereocenters. The van der Waals surface area contributed by atoms with E-state index < -0.39 is 0 Å². The number of nitrogens with zero attached hydrogens (tertiary/aromatic N) is 3. The Bertz CT molecular complexity index is 831. The van der Waals surface area contributed by atoms with Gasteiger partial charge in [-0.25, -0.2) is 0 Å². The highest BCUT2D eigenvalue weighted by Crippen LogP contribution is 2.24. The number of aromatic nitrogens is 2. The molecule has 2 aromatic heterocycles. The molecule has 1 aromatic carbocycles. The van der Waals surface area contributed by atoms with Crippen LogP contribution in [-0.2, 0) is 6.42 Å². The van der Waals surface area contributed by atoms with Crippen LogP contribution in [0.5, 0.6) is 0 Å². The van der Waals surface area contributed by atoms with Crippen molar-refractivity contribution >= 4 is 28.1 Å². The van der Waals surface area contributed by atoms with Crippen molar-refractivity contribution in [3.05, 3.63) is 58.7 Å². The molecule has 5 heteroatoms. The molecule has 1 saturated heterocycles. The fourth-order valence-corrected chi connectivity index (χ4v) is 3.83. The van der Waals surface area contributed by atoms with Gasteiger partial charge >= 0.3 is 0 Å². The van der Waals surface area contributed by atoms with E-state index in [4.69, 9.17) is 0 Å². The molecule has 4 rings (SSSR count). The lowest BCUT2D eigenvalue weighted by atomic mass is 9.97. The van der Waals surface area contributed by atoms with E-state index in [0.717, 1.165) is 36.3 Å². The van der Waals surface area contributed by atoms with Gasteiger partial charge in [0.2, 0.25) is 0 Å². The molecule has 0 bridgehead atoms. The summed E-state index contributed by atoms with van der Waals surface area (Å²) in [5.74, 6) is 0.652. The molecule has 0 spiro atoms. The van der Waals surface area contributed by atoms with Crippen molar-refractivity contribution in [2.45, 2.75) is 12.8 Å². The van der Waals surface area contributed by atoms with Gasteiger partial charge in [0.25, 0.3) is 5.91 Å². The van der Waals surface area contributed by atoms with Crippen molar-refractivity contribution in [2.24, 2.45) is 5.92 Å². The number of benzene rings is 1. The van der Waals surface area contributed by atoms with Crippen LogP contribution in [0.4, 0.5) is 0 Å². The Hall–Kier alpha value is -2.27. The highest BCUT2D eigenvalue weighted by atomic mass is 32.1. The van der Waals surface area contributed by atoms with Gasteiger partial charge < -0.3 is 4.90 Å². The molecule has 116 valence electrons. The van der Waals surface area contributed by atoms with Crippen LogP contribution in [0.25, 0.3) is 10.9 Å². The van der Waals surface area contributed by atoms with Crippen molar-refractivity contribution in [1.82, 2.24) is 14.9 Å². The second kappa shape index (κ2) is 6.08. The number of likely N-dealkylation sites (tertiary alicyclic amines) is 1. The fourth-order valence-electron chi connectivity index (χ4n) is 3.25. The lowest BCUT2D eigenvalue weighted by molar-refractivity contribution is 0.0791. The topological polar surface area (TPSA) is 46.1 Å². The number of carbonyl (C=O) groups excluding carboxylic acids is 1. The quantitative estimate of drug-likeness (QED) is 0.742. The molecule has 3 aromatic rings. The molecule has 0 saturated carbocycles. The maximum Gasteiger partial charge on any atom is 0.265 e. The summed E-state index contributed by atoms with van der Waals surface area (Å²) < 4.78 is 0. The van der Waals surface area contributed by atoms with Crippen LogP contribution in [0.15, 0.2) is 48.2 Å². The minimum atomic E-state index is 0.123. The summed E-state index contributed by atoms with van der Waals surface area (Å²) in [6, 6.07) is 10.5. The third-order valence-electron chi connectivity index (χ3n) is 4.41. The molecule has 0 radical (unpaired) electrons. The molecule has 1 amide bonds. The Morgan fingerprint density at radius 3 is 3.17 bits per heavy atom. The van der Waals surface area contributed by atoms with Crippen molar-refractivity contribution in [1.29, 1.82) is 0 Å². The lowest BCUT2D eigenvalue weighted by Gasteiger charge is -2.15. The van der Waals surface area contributed by atoms with Gasteiger partial charge in [0.1, 0.15) is 4.88 Å². The van der Waals surface area contributed by atoms with E-state index >= 15 is 0 Å². The van der Waals surface area contributed by atoms with Gasteiger partial charge in [-0.15, -0.1) is 11.3 Å². The number of rotatable bonds is 3. The lowest BCUT2D eigenvalue weighted by Crippen LogP contribution is -2.28. The van der Waals surface area contributed by atoms with Crippen LogP contribution >= 0.6 is 11.3 Å². The summed E-state index contributed by atoms with van der Waals surface area (Å²) in [4.78, 5) is 23.4. The summed E-state index contributed by atoms with van der Waals surface area (Å²) in [6.07, 6.45) is 5.56. The zero-order valence-electron chi connectivity index (χ0n) is 12.7. The first kappa shape index (κ1) is 14.3. The SMILES string of the molecule is O=C(c1cncs1)N1CC[C@H](Cc2ccc3ncccc3c2)C1. The number of fused-ring (bicyclic) bond motifs is 1. The van der Waals surface area contributed by atoms with E-state index in [9.17, 15) is 4.79 Å². The number of thiazole rings is 1. The van der Waals surface area contributed by atoms with Gasteiger partial charge in [-0.05, 0) is 42.5 Å². The molecular weight excluding hydrogens is 306 g/mol. The molecule has 1 aliphatic rings. The Labute approximate surface area is 138 Å². The summed E-state index contributed by atoms with van der Waals surface area (Å²) in [6.45, 7) is 1.68. The average molecular weight is 323 g/mol. The molecule has 1 atom stereocenters. The van der Waals surface area contributed by atoms with Crippen LogP contribution in [0, 0.1) is 5.92 Å². The first-order valence-corrected chi connectivity index (χ1v) is 8.69. The maximum absolute atomic E-state index is 12.4. The predicted octanol–water partition coefficient (Wildman–Crippen LogP) is 3.40. The predicted molar refractivity (Wildman–Crippen MR) is 91.6 cm³/mol. The van der Waals surface area contributed by atoms with E-state index in [-0.39, 0.29) is 5.91 Å². The van der Waals surface area contributed by atoms with Gasteiger partial charge in [-0.2, -0.15) is 0 Å². The maximum atomic E-state index is 12.4. The van der Waals surface area contributed by atoms with E-state index in [1.165, 1.54) is 22.3 Å². The Morgan fingerprint density at radius 2 is 2.30 bits per heavy atom. The summed E-state index contributed by atoms with van der Waals surface area (Å²) in [5, 5.41) is 1.18. The van der Waals surface area contributed by atoms with Gasteiger partial charge in [0.05, 0.1) is 17.2 Å². The first-order chi connectivity index (χ1) is 11.3. The Balaban J connectivity index is 1.44. The molecule has 4 nitrogen and oxygen atoms in total. The van der Waals surface area contributed by atoms with Crippen LogP contribution in [0.3, 0.4) is 0 Å². The van der Waals surface area contributed by atoms with Crippen LogP contribution in [0.2, 0.25) is 0 Å². The smallest absolute Gasteiger partial charge is 0.265 e. The van der Waals surface area contributed by atoms with E-state index in [0.29, 0.717) is 5.92 Å². The second-order valence-electron chi connectivity index (χ2n) is 6.01. The standard InChI is InChI=1S/C18H17N3OS/c22-18(17-10-19-12-23-17)21-7-5-14(11-21)8-13-3-4-16-15(9-13)2-1-6-20-16/h1-4,6,9-10,12,14H,5,7-8,11H2/t14-/m1/s1. The number of pyridine rings is 1. The molecular formula is C18H17N3OS. The first-order valence-electron chi connectivity index (χ1n) is 7.81. The summed E-state index contributed by atoms with van der Waals surface area (Å²) >= 11 is 1.42. The highest BCUT2D eigenvalue weighted by Gasteiger charge is 2.27.